The molecule has 1 atom stereocenters. The third-order valence-electron chi connectivity index (χ3n) is 6.48. The molecule has 1 saturated heterocycles. The summed E-state index contributed by atoms with van der Waals surface area (Å²) in [6, 6.07) is 12.4. The molecule has 4 rings (SSSR count). The molecule has 1 fully saturated rings. The maximum Gasteiger partial charge on any atom is 0.332 e. The van der Waals surface area contributed by atoms with E-state index < -0.39 is 11.7 Å². The number of fused-ring (bicyclic) bond motifs is 1. The summed E-state index contributed by atoms with van der Waals surface area (Å²) in [6.45, 7) is 3.46. The highest BCUT2D eigenvalue weighted by molar-refractivity contribution is 5.80. The first kappa shape index (κ1) is 24.4. The fourth-order valence-corrected chi connectivity index (χ4v) is 4.57. The summed E-state index contributed by atoms with van der Waals surface area (Å²) < 4.78 is 19.4. The van der Waals surface area contributed by atoms with Crippen LogP contribution in [0.1, 0.15) is 31.4 Å². The smallest absolute Gasteiger partial charge is 0.332 e. The van der Waals surface area contributed by atoms with Gasteiger partial charge in [0.05, 0.1) is 31.7 Å². The number of piperidine rings is 1. The molecule has 1 aromatic heterocycles. The van der Waals surface area contributed by atoms with E-state index >= 15 is 0 Å². The van der Waals surface area contributed by atoms with Crippen LogP contribution in [-0.2, 0) is 6.54 Å². The molecule has 1 aliphatic rings. The Kier molecular flexibility index (Phi) is 7.12. The van der Waals surface area contributed by atoms with E-state index in [4.69, 9.17) is 19.5 Å². The Morgan fingerprint density at radius 3 is 2.43 bits per heavy atom. The molecule has 0 radical (unpaired) electrons. The Hall–Kier alpha value is -3.77. The summed E-state index contributed by atoms with van der Waals surface area (Å²) in [7, 11) is 5.16. The molecule has 0 spiro atoms. The lowest BCUT2D eigenvalue weighted by molar-refractivity contribution is 0.219. The highest BCUT2D eigenvalue weighted by Gasteiger charge is 2.24. The topological polar surface area (TPSA) is 98.7 Å². The predicted octanol–water partition coefficient (Wildman–Crippen LogP) is 2.79. The van der Waals surface area contributed by atoms with Crippen LogP contribution in [0.15, 0.2) is 46.0 Å². The third-order valence-corrected chi connectivity index (χ3v) is 6.48. The SMILES string of the molecule is COc1ccc(Cn2c(=O)c3cc(OC(C)C#N)ccc3n(C3CCN(C)CC3)c2=O)cc1OC. The fourth-order valence-electron chi connectivity index (χ4n) is 4.57. The van der Waals surface area contributed by atoms with Crippen molar-refractivity contribution in [2.24, 2.45) is 0 Å². The van der Waals surface area contributed by atoms with Crippen molar-refractivity contribution >= 4 is 10.9 Å². The van der Waals surface area contributed by atoms with Gasteiger partial charge in [-0.1, -0.05) is 6.07 Å². The van der Waals surface area contributed by atoms with E-state index in [1.165, 1.54) is 4.57 Å². The molecule has 0 N–H and O–H groups in total. The highest BCUT2D eigenvalue weighted by atomic mass is 16.5. The molecule has 1 aliphatic heterocycles. The summed E-state index contributed by atoms with van der Waals surface area (Å²) in [5.74, 6) is 1.50. The number of aromatic nitrogens is 2. The van der Waals surface area contributed by atoms with Gasteiger partial charge in [0.2, 0.25) is 0 Å². The van der Waals surface area contributed by atoms with Crippen molar-refractivity contribution in [3.8, 4) is 23.3 Å². The van der Waals surface area contributed by atoms with Crippen LogP contribution in [0.5, 0.6) is 17.2 Å². The van der Waals surface area contributed by atoms with Crippen LogP contribution in [0, 0.1) is 11.3 Å². The van der Waals surface area contributed by atoms with E-state index in [1.807, 2.05) is 12.1 Å². The number of rotatable bonds is 7. The van der Waals surface area contributed by atoms with Gasteiger partial charge in [0.25, 0.3) is 5.56 Å². The first-order valence-electron chi connectivity index (χ1n) is 11.6. The van der Waals surface area contributed by atoms with Gasteiger partial charge >= 0.3 is 5.69 Å². The molecule has 1 unspecified atom stereocenters. The molecule has 0 aliphatic carbocycles. The highest BCUT2D eigenvalue weighted by Crippen LogP contribution is 2.28. The molecule has 184 valence electrons. The van der Waals surface area contributed by atoms with Gasteiger partial charge in [-0.05, 0) is 75.8 Å². The van der Waals surface area contributed by atoms with E-state index in [-0.39, 0.29) is 18.3 Å². The molecule has 0 amide bonds. The van der Waals surface area contributed by atoms with Gasteiger partial charge in [0.1, 0.15) is 11.8 Å². The number of ether oxygens (including phenoxy) is 3. The van der Waals surface area contributed by atoms with E-state index in [0.29, 0.717) is 28.2 Å². The average Bonchev–Trinajstić information content (AvgIpc) is 2.87. The second-order valence-electron chi connectivity index (χ2n) is 8.84. The van der Waals surface area contributed by atoms with Gasteiger partial charge in [-0.2, -0.15) is 5.26 Å². The molecular weight excluding hydrogens is 448 g/mol. The number of benzene rings is 2. The quantitative estimate of drug-likeness (QED) is 0.515. The van der Waals surface area contributed by atoms with Crippen molar-refractivity contribution in [1.29, 1.82) is 5.26 Å². The summed E-state index contributed by atoms with van der Waals surface area (Å²) in [6.07, 6.45) is 0.953. The van der Waals surface area contributed by atoms with E-state index in [0.717, 1.165) is 31.5 Å². The lowest BCUT2D eigenvalue weighted by Gasteiger charge is -2.31. The number of nitriles is 1. The molecule has 35 heavy (non-hydrogen) atoms. The zero-order chi connectivity index (χ0) is 25.1. The van der Waals surface area contributed by atoms with Crippen LogP contribution in [0.3, 0.4) is 0 Å². The molecule has 3 aromatic rings. The third kappa shape index (κ3) is 4.88. The standard InChI is InChI=1S/C26H30N4O5/c1-17(15-27)35-20-6-7-22-21(14-20)25(31)29(16-18-5-8-23(33-3)24(13-18)34-4)26(32)30(22)19-9-11-28(2)12-10-19/h5-8,13-14,17,19H,9-12,16H2,1-4H3. The van der Waals surface area contributed by atoms with E-state index in [9.17, 15) is 9.59 Å². The number of hydrogen-bond acceptors (Lipinski definition) is 7. The van der Waals surface area contributed by atoms with Crippen molar-refractivity contribution in [3.05, 3.63) is 62.8 Å². The summed E-state index contributed by atoms with van der Waals surface area (Å²) in [5.41, 5.74) is 0.571. The Bertz CT molecular complexity index is 1380. The van der Waals surface area contributed by atoms with Crippen LogP contribution in [-0.4, -0.2) is 54.5 Å². The molecule has 2 aromatic carbocycles. The average molecular weight is 479 g/mol. The molecular formula is C26H30N4O5. The van der Waals surface area contributed by atoms with Crippen molar-refractivity contribution in [1.82, 2.24) is 14.0 Å². The maximum absolute atomic E-state index is 13.8. The normalized spacial score (nSPS) is 15.5. The van der Waals surface area contributed by atoms with Crippen LogP contribution in [0.4, 0.5) is 0 Å². The predicted molar refractivity (Wildman–Crippen MR) is 133 cm³/mol. The minimum atomic E-state index is -0.666. The molecule has 0 bridgehead atoms. The largest absolute Gasteiger partial charge is 0.493 e. The fraction of sp³-hybridized carbons (Fsp3) is 0.423. The Labute approximate surface area is 203 Å². The summed E-state index contributed by atoms with van der Waals surface area (Å²) >= 11 is 0. The van der Waals surface area contributed by atoms with Crippen LogP contribution < -0.4 is 25.5 Å². The second kappa shape index (κ2) is 10.2. The van der Waals surface area contributed by atoms with E-state index in [1.54, 1.807) is 56.0 Å². The van der Waals surface area contributed by atoms with Crippen molar-refractivity contribution in [3.63, 3.8) is 0 Å². The van der Waals surface area contributed by atoms with Gasteiger partial charge in [-0.15, -0.1) is 0 Å². The van der Waals surface area contributed by atoms with Crippen LogP contribution in [0.2, 0.25) is 0 Å². The van der Waals surface area contributed by atoms with Crippen LogP contribution >= 0.6 is 0 Å². The minimum Gasteiger partial charge on any atom is -0.493 e. The number of likely N-dealkylation sites (tertiary alicyclic amines) is 1. The van der Waals surface area contributed by atoms with Crippen molar-refractivity contribution in [2.45, 2.75) is 38.5 Å². The zero-order valence-corrected chi connectivity index (χ0v) is 20.5. The number of methoxy groups -OCH3 is 2. The lowest BCUT2D eigenvalue weighted by atomic mass is 10.0. The first-order valence-corrected chi connectivity index (χ1v) is 11.6. The van der Waals surface area contributed by atoms with Gasteiger partial charge in [0.15, 0.2) is 17.6 Å². The van der Waals surface area contributed by atoms with Gasteiger partial charge in [-0.25, -0.2) is 4.79 Å². The lowest BCUT2D eigenvalue weighted by Crippen LogP contribution is -2.44. The number of nitrogens with zero attached hydrogens (tertiary/aromatic N) is 4. The first-order chi connectivity index (χ1) is 16.9. The Balaban J connectivity index is 1.88. The number of hydrogen-bond donors (Lipinski definition) is 0. The van der Waals surface area contributed by atoms with Gasteiger partial charge < -0.3 is 19.1 Å². The van der Waals surface area contributed by atoms with Crippen molar-refractivity contribution in [2.75, 3.05) is 34.4 Å². The second-order valence-corrected chi connectivity index (χ2v) is 8.84. The molecule has 0 saturated carbocycles. The van der Waals surface area contributed by atoms with Gasteiger partial charge in [0, 0.05) is 6.04 Å². The monoisotopic (exact) mass is 478 g/mol. The maximum atomic E-state index is 13.8. The molecule has 2 heterocycles. The Morgan fingerprint density at radius 2 is 1.77 bits per heavy atom. The van der Waals surface area contributed by atoms with Crippen molar-refractivity contribution < 1.29 is 14.2 Å². The summed E-state index contributed by atoms with van der Waals surface area (Å²) in [5, 5.41) is 9.50. The molecule has 9 heteroatoms. The molecule has 9 nitrogen and oxygen atoms in total. The summed E-state index contributed by atoms with van der Waals surface area (Å²) in [4.78, 5) is 29.6. The van der Waals surface area contributed by atoms with Gasteiger partial charge in [-0.3, -0.25) is 13.9 Å². The van der Waals surface area contributed by atoms with E-state index in [2.05, 4.69) is 11.9 Å². The minimum absolute atomic E-state index is 0.0248. The zero-order valence-electron chi connectivity index (χ0n) is 20.5. The Morgan fingerprint density at radius 1 is 1.06 bits per heavy atom. The van der Waals surface area contributed by atoms with Crippen LogP contribution in [0.25, 0.3) is 10.9 Å².